The second kappa shape index (κ2) is 5.16. The van der Waals surface area contributed by atoms with E-state index in [4.69, 9.17) is 18.9 Å². The van der Waals surface area contributed by atoms with Gasteiger partial charge < -0.3 is 18.9 Å². The Morgan fingerprint density at radius 2 is 1.90 bits per heavy atom. The number of hydrogen-bond acceptors (Lipinski definition) is 5. The first kappa shape index (κ1) is 14.1. The molecule has 2 heterocycles. The lowest BCUT2D eigenvalue weighted by molar-refractivity contribution is -0.184. The quantitative estimate of drug-likeness (QED) is 0.782. The minimum atomic E-state index is -0.748. The lowest BCUT2D eigenvalue weighted by Gasteiger charge is -2.30. The van der Waals surface area contributed by atoms with Gasteiger partial charge in [0.1, 0.15) is 6.10 Å². The van der Waals surface area contributed by atoms with E-state index < -0.39 is 18.0 Å². The summed E-state index contributed by atoms with van der Waals surface area (Å²) in [6.45, 7) is 3.66. The maximum Gasteiger partial charge on any atom is 0.373 e. The molecule has 0 bridgehead atoms. The fourth-order valence-corrected chi connectivity index (χ4v) is 2.69. The molecule has 3 atom stereocenters. The lowest BCUT2D eigenvalue weighted by Crippen LogP contribution is -2.36. The van der Waals surface area contributed by atoms with Crippen molar-refractivity contribution in [3.05, 3.63) is 47.7 Å². The number of carbonyl (C=O) groups excluding carboxylic acids is 1. The van der Waals surface area contributed by atoms with Crippen molar-refractivity contribution in [2.24, 2.45) is 0 Å². The fraction of sp³-hybridized carbons (Fsp3) is 0.438. The smallest absolute Gasteiger partial charge is 0.373 e. The van der Waals surface area contributed by atoms with Gasteiger partial charge in [-0.15, -0.1) is 0 Å². The molecule has 2 aliphatic heterocycles. The van der Waals surface area contributed by atoms with Crippen LogP contribution in [0, 0.1) is 0 Å². The van der Waals surface area contributed by atoms with Crippen LogP contribution in [-0.2, 0) is 23.7 Å². The highest BCUT2D eigenvalue weighted by Gasteiger charge is 2.49. The zero-order chi connectivity index (χ0) is 15.0. The van der Waals surface area contributed by atoms with Crippen molar-refractivity contribution in [3.8, 4) is 0 Å². The molecule has 2 aliphatic rings. The summed E-state index contributed by atoms with van der Waals surface area (Å²) in [5.74, 6) is -1.22. The zero-order valence-corrected chi connectivity index (χ0v) is 12.2. The first-order chi connectivity index (χ1) is 10.00. The average molecular weight is 290 g/mol. The summed E-state index contributed by atoms with van der Waals surface area (Å²) in [5, 5.41) is 0. The van der Waals surface area contributed by atoms with Crippen LogP contribution in [0.5, 0.6) is 0 Å². The molecule has 3 rings (SSSR count). The zero-order valence-electron chi connectivity index (χ0n) is 12.2. The number of hydrogen-bond donors (Lipinski definition) is 0. The molecule has 1 saturated heterocycles. The highest BCUT2D eigenvalue weighted by molar-refractivity contribution is 5.86. The number of ether oxygens (including phenoxy) is 4. The summed E-state index contributed by atoms with van der Waals surface area (Å²) in [4.78, 5) is 11.8. The molecule has 5 nitrogen and oxygen atoms in total. The van der Waals surface area contributed by atoms with Crippen LogP contribution >= 0.6 is 0 Å². The molecule has 1 aromatic rings. The maximum atomic E-state index is 11.8. The van der Waals surface area contributed by atoms with Crippen LogP contribution in [-0.4, -0.2) is 31.3 Å². The van der Waals surface area contributed by atoms with Crippen LogP contribution in [0.1, 0.15) is 25.3 Å². The minimum Gasteiger partial charge on any atom is -0.463 e. The average Bonchev–Trinajstić information content (AvgIpc) is 2.80. The van der Waals surface area contributed by atoms with E-state index >= 15 is 0 Å². The fourth-order valence-electron chi connectivity index (χ4n) is 2.69. The SMILES string of the molecule is COC(=O)C1=C[C@@H](c2ccccc2)[C@H]2OC(C)(C)O[C@H]2O1. The molecule has 0 aliphatic carbocycles. The van der Waals surface area contributed by atoms with Gasteiger partial charge in [-0.05, 0) is 25.5 Å². The van der Waals surface area contributed by atoms with E-state index in [9.17, 15) is 4.79 Å². The summed E-state index contributed by atoms with van der Waals surface area (Å²) in [7, 11) is 1.33. The van der Waals surface area contributed by atoms with Crippen molar-refractivity contribution in [2.75, 3.05) is 7.11 Å². The molecule has 0 unspecified atom stereocenters. The normalized spacial score (nSPS) is 30.0. The molecule has 0 N–H and O–H groups in total. The Balaban J connectivity index is 1.98. The van der Waals surface area contributed by atoms with Crippen molar-refractivity contribution >= 4 is 5.97 Å². The van der Waals surface area contributed by atoms with Crippen LogP contribution in [0.25, 0.3) is 0 Å². The molecule has 112 valence electrons. The Morgan fingerprint density at radius 3 is 2.57 bits per heavy atom. The third-order valence-electron chi connectivity index (χ3n) is 3.59. The van der Waals surface area contributed by atoms with Crippen molar-refractivity contribution in [2.45, 2.75) is 37.9 Å². The maximum absolute atomic E-state index is 11.8. The first-order valence-corrected chi connectivity index (χ1v) is 6.87. The number of benzene rings is 1. The second-order valence-corrected chi connectivity index (χ2v) is 5.55. The molecule has 0 radical (unpaired) electrons. The predicted octanol–water partition coefficient (Wildman–Crippen LogP) is 2.33. The van der Waals surface area contributed by atoms with Gasteiger partial charge >= 0.3 is 5.97 Å². The highest BCUT2D eigenvalue weighted by atomic mass is 16.8. The van der Waals surface area contributed by atoms with Gasteiger partial charge in [-0.1, -0.05) is 30.3 Å². The Bertz CT molecular complexity index is 563. The van der Waals surface area contributed by atoms with Crippen LogP contribution in [0.4, 0.5) is 0 Å². The van der Waals surface area contributed by atoms with Gasteiger partial charge in [0.2, 0.25) is 12.0 Å². The number of methoxy groups -OCH3 is 1. The molecule has 0 spiro atoms. The van der Waals surface area contributed by atoms with Crippen molar-refractivity contribution in [3.63, 3.8) is 0 Å². The number of fused-ring (bicyclic) bond motifs is 1. The third kappa shape index (κ3) is 2.66. The minimum absolute atomic E-state index is 0.124. The van der Waals surface area contributed by atoms with E-state index in [1.165, 1.54) is 7.11 Å². The Hall–Kier alpha value is -1.85. The van der Waals surface area contributed by atoms with Crippen molar-refractivity contribution < 1.29 is 23.7 Å². The first-order valence-electron chi connectivity index (χ1n) is 6.87. The molecule has 21 heavy (non-hydrogen) atoms. The molecule has 0 amide bonds. The van der Waals surface area contributed by atoms with Crippen LogP contribution in [0.15, 0.2) is 42.2 Å². The standard InChI is InChI=1S/C16H18O5/c1-16(2)20-13-11(10-7-5-4-6-8-10)9-12(14(17)18-3)19-15(13)21-16/h4-9,11,13,15H,1-3H3/t11-,13+,15+/m0/s1. The molecule has 1 fully saturated rings. The Kier molecular flexibility index (Phi) is 3.47. The summed E-state index contributed by atoms with van der Waals surface area (Å²) in [6.07, 6.45) is 0.827. The van der Waals surface area contributed by atoms with Crippen LogP contribution in [0.2, 0.25) is 0 Å². The molecular formula is C16H18O5. The molecular weight excluding hydrogens is 272 g/mol. The lowest BCUT2D eigenvalue weighted by atomic mass is 9.90. The molecule has 5 heteroatoms. The summed E-state index contributed by atoms with van der Waals surface area (Å²) < 4.78 is 22.0. The largest absolute Gasteiger partial charge is 0.463 e. The molecule has 0 aromatic heterocycles. The van der Waals surface area contributed by atoms with E-state index in [1.54, 1.807) is 6.08 Å². The van der Waals surface area contributed by atoms with Crippen LogP contribution < -0.4 is 0 Å². The Morgan fingerprint density at radius 1 is 1.19 bits per heavy atom. The predicted molar refractivity (Wildman–Crippen MR) is 74.2 cm³/mol. The summed E-state index contributed by atoms with van der Waals surface area (Å²) >= 11 is 0. The topological polar surface area (TPSA) is 54.0 Å². The van der Waals surface area contributed by atoms with Crippen molar-refractivity contribution in [1.82, 2.24) is 0 Å². The van der Waals surface area contributed by atoms with Gasteiger partial charge in [-0.2, -0.15) is 0 Å². The highest BCUT2D eigenvalue weighted by Crippen LogP contribution is 2.42. The van der Waals surface area contributed by atoms with E-state index in [1.807, 2.05) is 44.2 Å². The van der Waals surface area contributed by atoms with Gasteiger partial charge in [0.15, 0.2) is 5.79 Å². The second-order valence-electron chi connectivity index (χ2n) is 5.55. The van der Waals surface area contributed by atoms with Crippen molar-refractivity contribution in [1.29, 1.82) is 0 Å². The number of rotatable bonds is 2. The van der Waals surface area contributed by atoms with E-state index in [2.05, 4.69) is 0 Å². The van der Waals surface area contributed by atoms with Crippen LogP contribution in [0.3, 0.4) is 0 Å². The number of esters is 1. The Labute approximate surface area is 123 Å². The number of carbonyl (C=O) groups is 1. The third-order valence-corrected chi connectivity index (χ3v) is 3.59. The molecule has 1 aromatic carbocycles. The van der Waals surface area contributed by atoms with Gasteiger partial charge in [0, 0.05) is 5.92 Å². The summed E-state index contributed by atoms with van der Waals surface area (Å²) in [6, 6.07) is 9.83. The van der Waals surface area contributed by atoms with E-state index in [-0.39, 0.29) is 17.8 Å². The summed E-state index contributed by atoms with van der Waals surface area (Å²) in [5.41, 5.74) is 1.04. The van der Waals surface area contributed by atoms with Gasteiger partial charge in [0.25, 0.3) is 0 Å². The van der Waals surface area contributed by atoms with Gasteiger partial charge in [0.05, 0.1) is 7.11 Å². The van der Waals surface area contributed by atoms with Gasteiger partial charge in [-0.3, -0.25) is 0 Å². The van der Waals surface area contributed by atoms with E-state index in [0.717, 1.165) is 5.56 Å². The molecule has 0 saturated carbocycles. The van der Waals surface area contributed by atoms with E-state index in [0.29, 0.717) is 0 Å². The monoisotopic (exact) mass is 290 g/mol. The van der Waals surface area contributed by atoms with Gasteiger partial charge in [-0.25, -0.2) is 4.79 Å².